The number of hydrogen-bond donors (Lipinski definition) is 2. The van der Waals surface area contributed by atoms with Gasteiger partial charge in [0.05, 0.1) is 11.4 Å². The van der Waals surface area contributed by atoms with Gasteiger partial charge in [-0.15, -0.1) is 0 Å². The fraction of sp³-hybridized carbons (Fsp3) is 0.500. The van der Waals surface area contributed by atoms with E-state index in [4.69, 9.17) is 5.73 Å². The van der Waals surface area contributed by atoms with Crippen LogP contribution in [0.5, 0.6) is 0 Å². The second-order valence-electron chi connectivity index (χ2n) is 4.68. The largest absolute Gasteiger partial charge is 0.326 e. The summed E-state index contributed by atoms with van der Waals surface area (Å²) in [7, 11) is -3.21. The third-order valence-corrected chi connectivity index (χ3v) is 4.40. The molecule has 5 heteroatoms. The van der Waals surface area contributed by atoms with Crippen LogP contribution in [0.3, 0.4) is 0 Å². The Balaban J connectivity index is 2.16. The Kier molecular flexibility index (Phi) is 3.40. The van der Waals surface area contributed by atoms with E-state index >= 15 is 0 Å². The van der Waals surface area contributed by atoms with E-state index in [0.717, 1.165) is 24.0 Å². The van der Waals surface area contributed by atoms with Crippen molar-refractivity contribution in [3.63, 3.8) is 0 Å². The van der Waals surface area contributed by atoms with Crippen LogP contribution >= 0.6 is 0 Å². The van der Waals surface area contributed by atoms with Crippen molar-refractivity contribution in [2.24, 2.45) is 11.7 Å². The van der Waals surface area contributed by atoms with Gasteiger partial charge in [0.1, 0.15) is 0 Å². The maximum absolute atomic E-state index is 11.9. The SMILES string of the molecule is Cc1ccc(CN)cc1NS(=O)(=O)CC1CC1. The lowest BCUT2D eigenvalue weighted by Gasteiger charge is -2.11. The molecule has 94 valence electrons. The van der Waals surface area contributed by atoms with E-state index < -0.39 is 10.0 Å². The highest BCUT2D eigenvalue weighted by Gasteiger charge is 2.28. The lowest BCUT2D eigenvalue weighted by molar-refractivity contribution is 0.597. The van der Waals surface area contributed by atoms with Gasteiger partial charge in [-0.2, -0.15) is 0 Å². The summed E-state index contributed by atoms with van der Waals surface area (Å²) in [5.41, 5.74) is 8.04. The zero-order chi connectivity index (χ0) is 12.5. The lowest BCUT2D eigenvalue weighted by Crippen LogP contribution is -2.18. The Morgan fingerprint density at radius 1 is 1.41 bits per heavy atom. The van der Waals surface area contributed by atoms with Crippen molar-refractivity contribution >= 4 is 15.7 Å². The minimum atomic E-state index is -3.21. The zero-order valence-electron chi connectivity index (χ0n) is 9.94. The first-order valence-corrected chi connectivity index (χ1v) is 7.45. The summed E-state index contributed by atoms with van der Waals surface area (Å²) >= 11 is 0. The molecule has 4 nitrogen and oxygen atoms in total. The fourth-order valence-electron chi connectivity index (χ4n) is 1.71. The number of rotatable bonds is 5. The summed E-state index contributed by atoms with van der Waals surface area (Å²) in [6, 6.07) is 5.60. The van der Waals surface area contributed by atoms with E-state index in [1.54, 1.807) is 6.07 Å². The van der Waals surface area contributed by atoms with Gasteiger partial charge in [0, 0.05) is 6.54 Å². The van der Waals surface area contributed by atoms with Crippen LogP contribution in [0.2, 0.25) is 0 Å². The Morgan fingerprint density at radius 3 is 2.71 bits per heavy atom. The van der Waals surface area contributed by atoms with E-state index in [1.165, 1.54) is 0 Å². The predicted octanol–water partition coefficient (Wildman–Crippen LogP) is 1.61. The molecule has 0 saturated heterocycles. The van der Waals surface area contributed by atoms with Crippen LogP contribution in [0.4, 0.5) is 5.69 Å². The molecule has 0 spiro atoms. The number of aryl methyl sites for hydroxylation is 1. The normalized spacial score (nSPS) is 15.9. The molecule has 0 unspecified atom stereocenters. The molecule has 1 fully saturated rings. The summed E-state index contributed by atoms with van der Waals surface area (Å²) in [6.07, 6.45) is 2.06. The van der Waals surface area contributed by atoms with Crippen LogP contribution in [-0.4, -0.2) is 14.2 Å². The smallest absolute Gasteiger partial charge is 0.233 e. The first kappa shape index (κ1) is 12.4. The third-order valence-electron chi connectivity index (χ3n) is 2.96. The van der Waals surface area contributed by atoms with Crippen molar-refractivity contribution in [2.45, 2.75) is 26.3 Å². The highest BCUT2D eigenvalue weighted by molar-refractivity contribution is 7.92. The first-order chi connectivity index (χ1) is 8.00. The topological polar surface area (TPSA) is 72.2 Å². The number of nitrogens with two attached hydrogens (primary N) is 1. The minimum Gasteiger partial charge on any atom is -0.326 e. The van der Waals surface area contributed by atoms with Crippen LogP contribution in [0.25, 0.3) is 0 Å². The first-order valence-electron chi connectivity index (χ1n) is 5.80. The Hall–Kier alpha value is -1.07. The summed E-state index contributed by atoms with van der Waals surface area (Å²) in [5.74, 6) is 0.588. The van der Waals surface area contributed by atoms with Crippen molar-refractivity contribution in [3.8, 4) is 0 Å². The van der Waals surface area contributed by atoms with Crippen LogP contribution < -0.4 is 10.5 Å². The van der Waals surface area contributed by atoms with Gasteiger partial charge in [0.25, 0.3) is 0 Å². The van der Waals surface area contributed by atoms with E-state index in [9.17, 15) is 8.42 Å². The van der Waals surface area contributed by atoms with Gasteiger partial charge in [-0.1, -0.05) is 12.1 Å². The molecule has 0 heterocycles. The van der Waals surface area contributed by atoms with Crippen LogP contribution in [0.15, 0.2) is 18.2 Å². The molecule has 1 aromatic rings. The van der Waals surface area contributed by atoms with E-state index in [0.29, 0.717) is 18.2 Å². The molecule has 0 amide bonds. The summed E-state index contributed by atoms with van der Waals surface area (Å²) in [4.78, 5) is 0. The van der Waals surface area contributed by atoms with Crippen molar-refractivity contribution in [2.75, 3.05) is 10.5 Å². The molecule has 0 aromatic heterocycles. The van der Waals surface area contributed by atoms with Gasteiger partial charge >= 0.3 is 0 Å². The molecule has 3 N–H and O–H groups in total. The van der Waals surface area contributed by atoms with Crippen LogP contribution in [0.1, 0.15) is 24.0 Å². The van der Waals surface area contributed by atoms with Gasteiger partial charge in [0.15, 0.2) is 0 Å². The fourth-order valence-corrected chi connectivity index (χ4v) is 3.30. The van der Waals surface area contributed by atoms with Gasteiger partial charge < -0.3 is 5.73 Å². The predicted molar refractivity (Wildman–Crippen MR) is 69.2 cm³/mol. The van der Waals surface area contributed by atoms with Crippen molar-refractivity contribution in [3.05, 3.63) is 29.3 Å². The Labute approximate surface area is 102 Å². The lowest BCUT2D eigenvalue weighted by atomic mass is 10.1. The second kappa shape index (κ2) is 4.66. The maximum atomic E-state index is 11.9. The molecule has 0 atom stereocenters. The van der Waals surface area contributed by atoms with Crippen molar-refractivity contribution in [1.29, 1.82) is 0 Å². The summed E-state index contributed by atoms with van der Waals surface area (Å²) < 4.78 is 26.4. The Morgan fingerprint density at radius 2 is 2.12 bits per heavy atom. The molecule has 0 radical (unpaired) electrons. The Bertz CT molecular complexity index is 507. The van der Waals surface area contributed by atoms with E-state index in [-0.39, 0.29) is 5.75 Å². The molecule has 0 bridgehead atoms. The van der Waals surface area contributed by atoms with Crippen molar-refractivity contribution < 1.29 is 8.42 Å². The standard InChI is InChI=1S/C12H18N2O2S/c1-9-2-3-11(7-13)6-12(9)14-17(15,16)8-10-4-5-10/h2-3,6,10,14H,4-5,7-8,13H2,1H3. The highest BCUT2D eigenvalue weighted by atomic mass is 32.2. The van der Waals surface area contributed by atoms with Crippen LogP contribution in [0, 0.1) is 12.8 Å². The average Bonchev–Trinajstić information content (AvgIpc) is 3.04. The third kappa shape index (κ3) is 3.44. The molecule has 1 aliphatic rings. The van der Waals surface area contributed by atoms with Crippen LogP contribution in [-0.2, 0) is 16.6 Å². The number of benzene rings is 1. The molecule has 1 saturated carbocycles. The molecule has 17 heavy (non-hydrogen) atoms. The summed E-state index contributed by atoms with van der Waals surface area (Å²) in [6.45, 7) is 2.30. The number of hydrogen-bond acceptors (Lipinski definition) is 3. The average molecular weight is 254 g/mol. The molecule has 1 aromatic carbocycles. The van der Waals surface area contributed by atoms with Gasteiger partial charge in [-0.05, 0) is 42.9 Å². The van der Waals surface area contributed by atoms with Gasteiger partial charge in [0.2, 0.25) is 10.0 Å². The van der Waals surface area contributed by atoms with Crippen molar-refractivity contribution in [1.82, 2.24) is 0 Å². The molecule has 2 rings (SSSR count). The van der Waals surface area contributed by atoms with Gasteiger partial charge in [-0.3, -0.25) is 4.72 Å². The second-order valence-corrected chi connectivity index (χ2v) is 6.45. The summed E-state index contributed by atoms with van der Waals surface area (Å²) in [5, 5.41) is 0. The molecule has 0 aliphatic heterocycles. The van der Waals surface area contributed by atoms with E-state index in [2.05, 4.69) is 4.72 Å². The quantitative estimate of drug-likeness (QED) is 0.838. The number of sulfonamides is 1. The highest BCUT2D eigenvalue weighted by Crippen LogP contribution is 2.31. The number of anilines is 1. The number of nitrogens with one attached hydrogen (secondary N) is 1. The minimum absolute atomic E-state index is 0.235. The molecular formula is C12H18N2O2S. The zero-order valence-corrected chi connectivity index (χ0v) is 10.8. The monoisotopic (exact) mass is 254 g/mol. The maximum Gasteiger partial charge on any atom is 0.233 e. The molecular weight excluding hydrogens is 236 g/mol. The molecule has 1 aliphatic carbocycles. The van der Waals surface area contributed by atoms with Gasteiger partial charge in [-0.25, -0.2) is 8.42 Å². The van der Waals surface area contributed by atoms with E-state index in [1.807, 2.05) is 19.1 Å².